The highest BCUT2D eigenvalue weighted by atomic mass is 35.5. The SMILES string of the molecule is COc1ncccc1Cn1ccc2c(Cl)cccc21. The van der Waals surface area contributed by atoms with Crippen LogP contribution in [-0.4, -0.2) is 16.7 Å². The average molecular weight is 273 g/mol. The van der Waals surface area contributed by atoms with E-state index in [1.54, 1.807) is 13.3 Å². The molecular formula is C15H13ClN2O. The number of methoxy groups -OCH3 is 1. The molecule has 1 aromatic carbocycles. The van der Waals surface area contributed by atoms with E-state index in [4.69, 9.17) is 16.3 Å². The molecule has 3 rings (SSSR count). The number of aromatic nitrogens is 2. The average Bonchev–Trinajstić information content (AvgIpc) is 2.84. The quantitative estimate of drug-likeness (QED) is 0.726. The Morgan fingerprint density at radius 2 is 2.11 bits per heavy atom. The van der Waals surface area contributed by atoms with Crippen LogP contribution >= 0.6 is 11.6 Å². The largest absolute Gasteiger partial charge is 0.481 e. The lowest BCUT2D eigenvalue weighted by atomic mass is 10.2. The lowest BCUT2D eigenvalue weighted by Crippen LogP contribution is -2.01. The summed E-state index contributed by atoms with van der Waals surface area (Å²) in [5, 5.41) is 1.83. The van der Waals surface area contributed by atoms with E-state index >= 15 is 0 Å². The molecule has 2 aromatic heterocycles. The lowest BCUT2D eigenvalue weighted by Gasteiger charge is -2.09. The molecule has 2 heterocycles. The molecule has 0 atom stereocenters. The van der Waals surface area contributed by atoms with Crippen molar-refractivity contribution in [3.63, 3.8) is 0 Å². The van der Waals surface area contributed by atoms with Gasteiger partial charge in [0.25, 0.3) is 0 Å². The van der Waals surface area contributed by atoms with E-state index in [1.165, 1.54) is 0 Å². The van der Waals surface area contributed by atoms with Crippen molar-refractivity contribution in [1.82, 2.24) is 9.55 Å². The first-order valence-corrected chi connectivity index (χ1v) is 6.38. The van der Waals surface area contributed by atoms with Gasteiger partial charge in [-0.3, -0.25) is 0 Å². The molecule has 0 aliphatic rings. The molecule has 0 unspecified atom stereocenters. The maximum atomic E-state index is 6.18. The van der Waals surface area contributed by atoms with Crippen molar-refractivity contribution < 1.29 is 4.74 Å². The van der Waals surface area contributed by atoms with Crippen LogP contribution in [0.3, 0.4) is 0 Å². The van der Waals surface area contributed by atoms with Gasteiger partial charge in [-0.1, -0.05) is 23.7 Å². The highest BCUT2D eigenvalue weighted by Crippen LogP contribution is 2.25. The van der Waals surface area contributed by atoms with Crippen molar-refractivity contribution >= 4 is 22.5 Å². The van der Waals surface area contributed by atoms with Crippen LogP contribution in [0.4, 0.5) is 0 Å². The first-order valence-electron chi connectivity index (χ1n) is 6.01. The summed E-state index contributed by atoms with van der Waals surface area (Å²) in [5.41, 5.74) is 2.15. The zero-order valence-electron chi connectivity index (χ0n) is 10.5. The summed E-state index contributed by atoms with van der Waals surface area (Å²) < 4.78 is 7.42. The fourth-order valence-electron chi connectivity index (χ4n) is 2.24. The first-order chi connectivity index (χ1) is 9.29. The molecular weight excluding hydrogens is 260 g/mol. The van der Waals surface area contributed by atoms with Gasteiger partial charge in [0.2, 0.25) is 5.88 Å². The predicted molar refractivity (Wildman–Crippen MR) is 76.8 cm³/mol. The molecule has 3 aromatic rings. The number of hydrogen-bond donors (Lipinski definition) is 0. The monoisotopic (exact) mass is 272 g/mol. The third-order valence-electron chi connectivity index (χ3n) is 3.14. The summed E-state index contributed by atoms with van der Waals surface area (Å²) >= 11 is 6.18. The number of halogens is 1. The Morgan fingerprint density at radius 3 is 2.95 bits per heavy atom. The number of pyridine rings is 1. The summed E-state index contributed by atoms with van der Waals surface area (Å²) in [6, 6.07) is 11.9. The van der Waals surface area contributed by atoms with Crippen LogP contribution in [-0.2, 0) is 6.54 Å². The van der Waals surface area contributed by atoms with Crippen LogP contribution in [0.2, 0.25) is 5.02 Å². The number of nitrogens with zero attached hydrogens (tertiary/aromatic N) is 2. The van der Waals surface area contributed by atoms with E-state index in [0.29, 0.717) is 12.4 Å². The number of hydrogen-bond acceptors (Lipinski definition) is 2. The molecule has 4 heteroatoms. The zero-order valence-corrected chi connectivity index (χ0v) is 11.3. The van der Waals surface area contributed by atoms with Crippen molar-refractivity contribution in [3.05, 3.63) is 59.4 Å². The third kappa shape index (κ3) is 2.17. The minimum atomic E-state index is 0.659. The van der Waals surface area contributed by atoms with E-state index in [-0.39, 0.29) is 0 Å². The van der Waals surface area contributed by atoms with Gasteiger partial charge in [0.1, 0.15) is 0 Å². The molecule has 19 heavy (non-hydrogen) atoms. The first kappa shape index (κ1) is 12.1. The third-order valence-corrected chi connectivity index (χ3v) is 3.47. The van der Waals surface area contributed by atoms with Gasteiger partial charge < -0.3 is 9.30 Å². The Kier molecular flexibility index (Phi) is 3.13. The predicted octanol–water partition coefficient (Wildman–Crippen LogP) is 3.75. The van der Waals surface area contributed by atoms with Crippen LogP contribution in [0, 0.1) is 0 Å². The standard InChI is InChI=1S/C15H13ClN2O/c1-19-15-11(4-3-8-17-15)10-18-9-7-12-13(16)5-2-6-14(12)18/h2-9H,10H2,1H3. The molecule has 0 aliphatic carbocycles. The molecule has 0 aliphatic heterocycles. The fraction of sp³-hybridized carbons (Fsp3) is 0.133. The summed E-state index contributed by atoms with van der Waals surface area (Å²) in [5.74, 6) is 0.659. The minimum Gasteiger partial charge on any atom is -0.481 e. The van der Waals surface area contributed by atoms with Crippen LogP contribution in [0.1, 0.15) is 5.56 Å². The van der Waals surface area contributed by atoms with Crippen molar-refractivity contribution in [1.29, 1.82) is 0 Å². The van der Waals surface area contributed by atoms with Crippen LogP contribution in [0.15, 0.2) is 48.8 Å². The van der Waals surface area contributed by atoms with Gasteiger partial charge in [-0.05, 0) is 24.3 Å². The summed E-state index contributed by atoms with van der Waals surface area (Å²) in [7, 11) is 1.64. The Hall–Kier alpha value is -2.00. The lowest BCUT2D eigenvalue weighted by molar-refractivity contribution is 0.391. The highest BCUT2D eigenvalue weighted by Gasteiger charge is 2.08. The van der Waals surface area contributed by atoms with Crippen molar-refractivity contribution in [2.75, 3.05) is 7.11 Å². The van der Waals surface area contributed by atoms with Crippen molar-refractivity contribution in [3.8, 4) is 5.88 Å². The molecule has 0 saturated heterocycles. The number of fused-ring (bicyclic) bond motifs is 1. The second kappa shape index (κ2) is 4.94. The van der Waals surface area contributed by atoms with Crippen LogP contribution < -0.4 is 4.74 Å². The molecule has 0 radical (unpaired) electrons. The van der Waals surface area contributed by atoms with Crippen LogP contribution in [0.5, 0.6) is 5.88 Å². The van der Waals surface area contributed by atoms with Gasteiger partial charge in [-0.2, -0.15) is 0 Å². The fourth-order valence-corrected chi connectivity index (χ4v) is 2.47. The Morgan fingerprint density at radius 1 is 1.21 bits per heavy atom. The Bertz CT molecular complexity index is 721. The van der Waals surface area contributed by atoms with E-state index < -0.39 is 0 Å². The summed E-state index contributed by atoms with van der Waals surface area (Å²) in [6.45, 7) is 0.709. The molecule has 3 nitrogen and oxygen atoms in total. The maximum Gasteiger partial charge on any atom is 0.218 e. The van der Waals surface area contributed by atoms with Gasteiger partial charge >= 0.3 is 0 Å². The molecule has 96 valence electrons. The van der Waals surface area contributed by atoms with Gasteiger partial charge in [0.15, 0.2) is 0 Å². The highest BCUT2D eigenvalue weighted by molar-refractivity contribution is 6.35. The van der Waals surface area contributed by atoms with Gasteiger partial charge in [0.05, 0.1) is 13.7 Å². The second-order valence-corrected chi connectivity index (χ2v) is 4.70. The molecule has 0 spiro atoms. The van der Waals surface area contributed by atoms with Gasteiger partial charge in [0, 0.05) is 33.9 Å². The smallest absolute Gasteiger partial charge is 0.218 e. The topological polar surface area (TPSA) is 27.1 Å². The van der Waals surface area contributed by atoms with E-state index in [2.05, 4.69) is 15.6 Å². The Labute approximate surface area is 116 Å². The maximum absolute atomic E-state index is 6.18. The number of rotatable bonds is 3. The molecule has 0 fully saturated rings. The summed E-state index contributed by atoms with van der Waals surface area (Å²) in [6.07, 6.45) is 3.76. The minimum absolute atomic E-state index is 0.659. The van der Waals surface area contributed by atoms with E-state index in [0.717, 1.165) is 21.5 Å². The van der Waals surface area contributed by atoms with E-state index in [9.17, 15) is 0 Å². The second-order valence-electron chi connectivity index (χ2n) is 4.29. The normalized spacial score (nSPS) is 10.8. The van der Waals surface area contributed by atoms with Crippen molar-refractivity contribution in [2.24, 2.45) is 0 Å². The molecule has 0 amide bonds. The van der Waals surface area contributed by atoms with Crippen molar-refractivity contribution in [2.45, 2.75) is 6.54 Å². The number of ether oxygens (including phenoxy) is 1. The number of benzene rings is 1. The molecule has 0 N–H and O–H groups in total. The molecule has 0 bridgehead atoms. The zero-order chi connectivity index (χ0) is 13.2. The Balaban J connectivity index is 2.04. The summed E-state index contributed by atoms with van der Waals surface area (Å²) in [4.78, 5) is 4.21. The van der Waals surface area contributed by atoms with E-state index in [1.807, 2.05) is 36.5 Å². The molecule has 0 saturated carbocycles. The van der Waals surface area contributed by atoms with Crippen LogP contribution in [0.25, 0.3) is 10.9 Å². The van der Waals surface area contributed by atoms with Gasteiger partial charge in [-0.15, -0.1) is 0 Å². The van der Waals surface area contributed by atoms with Gasteiger partial charge in [-0.25, -0.2) is 4.98 Å².